The molecule has 2 aromatic carbocycles. The van der Waals surface area contributed by atoms with Gasteiger partial charge in [0.2, 0.25) is 0 Å². The SMILES string of the molecule is CCOc1cc(/C=C2\SC(=S)N(CC)C2=O)ccc1OCCOc1ccccc1OC. The second kappa shape index (κ2) is 11.1. The molecule has 0 saturated carbocycles. The number of carbonyl (C=O) groups excluding carboxylic acids is 1. The summed E-state index contributed by atoms with van der Waals surface area (Å²) in [6.45, 7) is 5.57. The van der Waals surface area contributed by atoms with E-state index in [1.807, 2.05) is 62.4 Å². The Kier molecular flexibility index (Phi) is 8.20. The van der Waals surface area contributed by atoms with Gasteiger partial charge in [0.05, 0.1) is 18.6 Å². The number of hydrogen-bond acceptors (Lipinski definition) is 7. The predicted molar refractivity (Wildman–Crippen MR) is 127 cm³/mol. The number of hydrogen-bond donors (Lipinski definition) is 0. The van der Waals surface area contributed by atoms with Crippen LogP contribution in [0.1, 0.15) is 19.4 Å². The lowest BCUT2D eigenvalue weighted by atomic mass is 10.2. The van der Waals surface area contributed by atoms with Crippen LogP contribution in [0.15, 0.2) is 47.4 Å². The van der Waals surface area contributed by atoms with E-state index in [-0.39, 0.29) is 5.91 Å². The first-order valence-corrected chi connectivity index (χ1v) is 11.2. The third-order valence-electron chi connectivity index (χ3n) is 4.42. The number of ether oxygens (including phenoxy) is 4. The van der Waals surface area contributed by atoms with E-state index in [1.54, 1.807) is 12.0 Å². The third-order valence-corrected chi connectivity index (χ3v) is 5.80. The van der Waals surface area contributed by atoms with Gasteiger partial charge in [-0.05, 0) is 49.8 Å². The first-order chi connectivity index (χ1) is 15.1. The normalized spacial score (nSPS) is 14.8. The molecule has 0 bridgehead atoms. The van der Waals surface area contributed by atoms with E-state index >= 15 is 0 Å². The van der Waals surface area contributed by atoms with Crippen molar-refractivity contribution < 1.29 is 23.7 Å². The molecule has 0 unspecified atom stereocenters. The summed E-state index contributed by atoms with van der Waals surface area (Å²) in [7, 11) is 1.61. The summed E-state index contributed by atoms with van der Waals surface area (Å²) in [6.07, 6.45) is 1.83. The van der Waals surface area contributed by atoms with Crippen molar-refractivity contribution in [2.75, 3.05) is 33.5 Å². The standard InChI is InChI=1S/C23H25NO5S2/c1-4-24-22(25)21(31-23(24)30)15-16-10-11-19(20(14-16)27-5-2)29-13-12-28-18-9-7-6-8-17(18)26-3/h6-11,14-15H,4-5,12-13H2,1-3H3/b21-15-. The van der Waals surface area contributed by atoms with E-state index < -0.39 is 0 Å². The van der Waals surface area contributed by atoms with Crippen LogP contribution in [0.25, 0.3) is 6.08 Å². The molecule has 164 valence electrons. The van der Waals surface area contributed by atoms with Gasteiger partial charge < -0.3 is 18.9 Å². The highest BCUT2D eigenvalue weighted by Crippen LogP contribution is 2.35. The van der Waals surface area contributed by atoms with Gasteiger partial charge >= 0.3 is 0 Å². The summed E-state index contributed by atoms with van der Waals surface area (Å²) < 4.78 is 23.2. The number of benzene rings is 2. The lowest BCUT2D eigenvalue weighted by Crippen LogP contribution is -2.27. The quantitative estimate of drug-likeness (QED) is 0.288. The van der Waals surface area contributed by atoms with Crippen molar-refractivity contribution in [3.8, 4) is 23.0 Å². The van der Waals surface area contributed by atoms with Crippen LogP contribution in [-0.2, 0) is 4.79 Å². The summed E-state index contributed by atoms with van der Waals surface area (Å²) >= 11 is 6.58. The van der Waals surface area contributed by atoms with Crippen molar-refractivity contribution in [2.45, 2.75) is 13.8 Å². The monoisotopic (exact) mass is 459 g/mol. The fourth-order valence-corrected chi connectivity index (χ4v) is 4.35. The van der Waals surface area contributed by atoms with Crippen LogP contribution < -0.4 is 18.9 Å². The van der Waals surface area contributed by atoms with Crippen LogP contribution in [0.5, 0.6) is 23.0 Å². The number of amides is 1. The van der Waals surface area contributed by atoms with E-state index in [4.69, 9.17) is 31.2 Å². The minimum Gasteiger partial charge on any atom is -0.493 e. The molecule has 8 heteroatoms. The van der Waals surface area contributed by atoms with Gasteiger partial charge in [-0.2, -0.15) is 0 Å². The highest BCUT2D eigenvalue weighted by atomic mass is 32.2. The van der Waals surface area contributed by atoms with E-state index in [9.17, 15) is 4.79 Å². The molecule has 1 aliphatic heterocycles. The molecular formula is C23H25NO5S2. The average Bonchev–Trinajstić information content (AvgIpc) is 3.05. The van der Waals surface area contributed by atoms with E-state index in [0.29, 0.717) is 58.6 Å². The Morgan fingerprint density at radius 1 is 0.968 bits per heavy atom. The van der Waals surface area contributed by atoms with Gasteiger partial charge in [0.25, 0.3) is 5.91 Å². The van der Waals surface area contributed by atoms with Gasteiger partial charge in [0.15, 0.2) is 23.0 Å². The predicted octanol–water partition coefficient (Wildman–Crippen LogP) is 4.77. The number of likely N-dealkylation sites (N-methyl/N-ethyl adjacent to an activating group) is 1. The van der Waals surface area contributed by atoms with Gasteiger partial charge in [-0.3, -0.25) is 9.69 Å². The molecule has 1 fully saturated rings. The summed E-state index contributed by atoms with van der Waals surface area (Å²) in [5.74, 6) is 2.50. The zero-order valence-corrected chi connectivity index (χ0v) is 19.4. The number of thiocarbonyl (C=S) groups is 1. The highest BCUT2D eigenvalue weighted by Gasteiger charge is 2.30. The maximum absolute atomic E-state index is 12.4. The fourth-order valence-electron chi connectivity index (χ4n) is 2.97. The number of rotatable bonds is 10. The smallest absolute Gasteiger partial charge is 0.266 e. The molecule has 0 aliphatic carbocycles. The van der Waals surface area contributed by atoms with Gasteiger partial charge in [0.1, 0.15) is 17.5 Å². The first-order valence-electron chi connectivity index (χ1n) is 9.98. The number of carbonyl (C=O) groups is 1. The van der Waals surface area contributed by atoms with Crippen molar-refractivity contribution in [3.63, 3.8) is 0 Å². The van der Waals surface area contributed by atoms with Crippen LogP contribution in [0.4, 0.5) is 0 Å². The Hall–Kier alpha value is -2.71. The van der Waals surface area contributed by atoms with Crippen LogP contribution in [0.2, 0.25) is 0 Å². The molecule has 1 amide bonds. The van der Waals surface area contributed by atoms with Gasteiger partial charge in [-0.15, -0.1) is 0 Å². The fraction of sp³-hybridized carbons (Fsp3) is 0.304. The van der Waals surface area contributed by atoms with Crippen molar-refractivity contribution in [2.24, 2.45) is 0 Å². The maximum atomic E-state index is 12.4. The summed E-state index contributed by atoms with van der Waals surface area (Å²) in [5.41, 5.74) is 0.845. The zero-order valence-electron chi connectivity index (χ0n) is 17.8. The molecule has 31 heavy (non-hydrogen) atoms. The van der Waals surface area contributed by atoms with Crippen LogP contribution >= 0.6 is 24.0 Å². The summed E-state index contributed by atoms with van der Waals surface area (Å²) in [5, 5.41) is 0. The van der Waals surface area contributed by atoms with Gasteiger partial charge in [-0.25, -0.2) is 0 Å². The molecule has 3 rings (SSSR count). The molecule has 0 spiro atoms. The lowest BCUT2D eigenvalue weighted by Gasteiger charge is -2.14. The Morgan fingerprint density at radius 3 is 2.26 bits per heavy atom. The number of nitrogens with zero attached hydrogens (tertiary/aromatic N) is 1. The summed E-state index contributed by atoms with van der Waals surface area (Å²) in [6, 6.07) is 13.0. The van der Waals surface area contributed by atoms with Gasteiger partial charge in [0, 0.05) is 6.54 Å². The Bertz CT molecular complexity index is 976. The Balaban J connectivity index is 1.66. The lowest BCUT2D eigenvalue weighted by molar-refractivity contribution is -0.121. The molecular weight excluding hydrogens is 434 g/mol. The second-order valence-corrected chi connectivity index (χ2v) is 8.09. The largest absolute Gasteiger partial charge is 0.493 e. The minimum absolute atomic E-state index is 0.0655. The average molecular weight is 460 g/mol. The molecule has 1 aliphatic rings. The number of methoxy groups -OCH3 is 1. The van der Waals surface area contributed by atoms with E-state index in [2.05, 4.69) is 0 Å². The van der Waals surface area contributed by atoms with Crippen LogP contribution in [-0.4, -0.2) is 48.6 Å². The van der Waals surface area contributed by atoms with Crippen molar-refractivity contribution >= 4 is 40.3 Å². The molecule has 6 nitrogen and oxygen atoms in total. The topological polar surface area (TPSA) is 57.2 Å². The molecule has 2 aromatic rings. The van der Waals surface area contributed by atoms with Crippen LogP contribution in [0, 0.1) is 0 Å². The maximum Gasteiger partial charge on any atom is 0.266 e. The number of thioether (sulfide) groups is 1. The minimum atomic E-state index is -0.0655. The van der Waals surface area contributed by atoms with E-state index in [0.717, 1.165) is 5.56 Å². The van der Waals surface area contributed by atoms with Crippen LogP contribution in [0.3, 0.4) is 0 Å². The summed E-state index contributed by atoms with van der Waals surface area (Å²) in [4.78, 5) is 14.6. The molecule has 0 atom stereocenters. The van der Waals surface area contributed by atoms with Gasteiger partial charge in [-0.1, -0.05) is 42.2 Å². The highest BCUT2D eigenvalue weighted by molar-refractivity contribution is 8.26. The molecule has 1 heterocycles. The number of para-hydroxylation sites is 2. The first kappa shape index (κ1) is 23.0. The Morgan fingerprint density at radius 2 is 1.65 bits per heavy atom. The van der Waals surface area contributed by atoms with Crippen molar-refractivity contribution in [3.05, 3.63) is 52.9 Å². The van der Waals surface area contributed by atoms with E-state index in [1.165, 1.54) is 11.8 Å². The molecule has 0 aromatic heterocycles. The third kappa shape index (κ3) is 5.71. The van der Waals surface area contributed by atoms with Crippen molar-refractivity contribution in [1.82, 2.24) is 4.90 Å². The molecule has 0 radical (unpaired) electrons. The zero-order chi connectivity index (χ0) is 22.2. The second-order valence-electron chi connectivity index (χ2n) is 6.41. The van der Waals surface area contributed by atoms with Crippen molar-refractivity contribution in [1.29, 1.82) is 0 Å². The molecule has 0 N–H and O–H groups in total. The molecule has 1 saturated heterocycles. The Labute approximate surface area is 192 Å².